The summed E-state index contributed by atoms with van der Waals surface area (Å²) in [6.07, 6.45) is 0. The van der Waals surface area contributed by atoms with Crippen LogP contribution < -0.4 is 15.0 Å². The Hall–Kier alpha value is -3.02. The summed E-state index contributed by atoms with van der Waals surface area (Å²) in [7, 11) is 1.86. The van der Waals surface area contributed by atoms with E-state index in [0.717, 1.165) is 17.2 Å². The van der Waals surface area contributed by atoms with Crippen molar-refractivity contribution < 1.29 is 14.3 Å². The van der Waals surface area contributed by atoms with Gasteiger partial charge >= 0.3 is 0 Å². The normalized spacial score (nSPS) is 14.0. The zero-order chi connectivity index (χ0) is 17.6. The minimum absolute atomic E-state index is 0.0537. The molecule has 0 atom stereocenters. The molecule has 2 aromatic carbocycles. The van der Waals surface area contributed by atoms with Gasteiger partial charge in [-0.25, -0.2) is 0 Å². The van der Waals surface area contributed by atoms with Gasteiger partial charge in [0.25, 0.3) is 0 Å². The molecule has 1 aliphatic heterocycles. The van der Waals surface area contributed by atoms with Crippen LogP contribution in [-0.4, -0.2) is 49.9 Å². The number of hydrogen-bond donors (Lipinski definition) is 1. The van der Waals surface area contributed by atoms with E-state index in [4.69, 9.17) is 4.74 Å². The van der Waals surface area contributed by atoms with Gasteiger partial charge in [0.1, 0.15) is 11.5 Å². The SMILES string of the molecule is CN(CC(=O)N1CCNC(=O)C1)c1ccc(Oc2ccccc2)cc1. The number of benzene rings is 2. The Kier molecular flexibility index (Phi) is 5.18. The summed E-state index contributed by atoms with van der Waals surface area (Å²) in [6, 6.07) is 17.1. The van der Waals surface area contributed by atoms with Crippen LogP contribution in [0.3, 0.4) is 0 Å². The number of ether oxygens (including phenoxy) is 1. The Morgan fingerprint density at radius 2 is 1.80 bits per heavy atom. The van der Waals surface area contributed by atoms with Gasteiger partial charge in [0.2, 0.25) is 11.8 Å². The second-order valence-corrected chi connectivity index (χ2v) is 5.93. The highest BCUT2D eigenvalue weighted by Gasteiger charge is 2.22. The summed E-state index contributed by atoms with van der Waals surface area (Å²) in [5.41, 5.74) is 0.912. The summed E-state index contributed by atoms with van der Waals surface area (Å²) in [5, 5.41) is 2.72. The topological polar surface area (TPSA) is 61.9 Å². The maximum absolute atomic E-state index is 12.3. The van der Waals surface area contributed by atoms with Gasteiger partial charge in [-0.05, 0) is 36.4 Å². The molecule has 2 aromatic rings. The van der Waals surface area contributed by atoms with E-state index >= 15 is 0 Å². The first-order valence-electron chi connectivity index (χ1n) is 8.20. The Bertz CT molecular complexity index is 731. The molecular formula is C19H21N3O3. The molecule has 130 valence electrons. The molecule has 1 heterocycles. The van der Waals surface area contributed by atoms with Crippen molar-refractivity contribution in [3.05, 3.63) is 54.6 Å². The van der Waals surface area contributed by atoms with Crippen molar-refractivity contribution >= 4 is 17.5 Å². The molecule has 25 heavy (non-hydrogen) atoms. The summed E-state index contributed by atoms with van der Waals surface area (Å²) < 4.78 is 5.76. The van der Waals surface area contributed by atoms with E-state index in [9.17, 15) is 9.59 Å². The zero-order valence-electron chi connectivity index (χ0n) is 14.1. The van der Waals surface area contributed by atoms with Gasteiger partial charge in [-0.1, -0.05) is 18.2 Å². The van der Waals surface area contributed by atoms with Gasteiger partial charge in [0.05, 0.1) is 13.1 Å². The van der Waals surface area contributed by atoms with Crippen LogP contribution in [0.2, 0.25) is 0 Å². The zero-order valence-corrected chi connectivity index (χ0v) is 14.1. The third-order valence-electron chi connectivity index (χ3n) is 4.02. The van der Waals surface area contributed by atoms with Crippen molar-refractivity contribution in [2.75, 3.05) is 38.1 Å². The molecule has 1 N–H and O–H groups in total. The number of para-hydroxylation sites is 1. The number of nitrogens with one attached hydrogen (secondary N) is 1. The van der Waals surface area contributed by atoms with Gasteiger partial charge in [0.15, 0.2) is 0 Å². The molecule has 0 radical (unpaired) electrons. The smallest absolute Gasteiger partial charge is 0.242 e. The molecule has 0 aromatic heterocycles. The number of nitrogens with zero attached hydrogens (tertiary/aromatic N) is 2. The van der Waals surface area contributed by atoms with Gasteiger partial charge in [0, 0.05) is 25.8 Å². The molecule has 6 heteroatoms. The predicted molar refractivity (Wildman–Crippen MR) is 95.8 cm³/mol. The van der Waals surface area contributed by atoms with Crippen LogP contribution in [0.4, 0.5) is 5.69 Å². The van der Waals surface area contributed by atoms with Crippen LogP contribution in [0.25, 0.3) is 0 Å². The third kappa shape index (κ3) is 4.50. The van der Waals surface area contributed by atoms with Crippen LogP contribution in [0.15, 0.2) is 54.6 Å². The standard InChI is InChI=1S/C19H21N3O3/c1-21(14-19(24)22-12-11-20-18(23)13-22)15-7-9-17(10-8-15)25-16-5-3-2-4-6-16/h2-10H,11-14H2,1H3,(H,20,23). The van der Waals surface area contributed by atoms with E-state index in [1.165, 1.54) is 0 Å². The van der Waals surface area contributed by atoms with Crippen LogP contribution in [0, 0.1) is 0 Å². The van der Waals surface area contributed by atoms with Crippen molar-refractivity contribution in [1.82, 2.24) is 10.2 Å². The first kappa shape index (κ1) is 16.8. The molecule has 1 fully saturated rings. The first-order chi connectivity index (χ1) is 12.1. The van der Waals surface area contributed by atoms with Crippen molar-refractivity contribution in [3.63, 3.8) is 0 Å². The maximum Gasteiger partial charge on any atom is 0.242 e. The van der Waals surface area contributed by atoms with E-state index in [2.05, 4.69) is 5.32 Å². The predicted octanol–water partition coefficient (Wildman–Crippen LogP) is 1.87. The lowest BCUT2D eigenvalue weighted by Gasteiger charge is -2.29. The van der Waals surface area contributed by atoms with Crippen molar-refractivity contribution in [1.29, 1.82) is 0 Å². The first-order valence-corrected chi connectivity index (χ1v) is 8.20. The van der Waals surface area contributed by atoms with Crippen LogP contribution in [0.1, 0.15) is 0 Å². The molecule has 0 spiro atoms. The lowest BCUT2D eigenvalue weighted by atomic mass is 10.2. The molecule has 6 nitrogen and oxygen atoms in total. The average Bonchev–Trinajstić information content (AvgIpc) is 2.63. The lowest BCUT2D eigenvalue weighted by Crippen LogP contribution is -2.52. The summed E-state index contributed by atoms with van der Waals surface area (Å²) in [4.78, 5) is 27.2. The Labute approximate surface area is 147 Å². The van der Waals surface area contributed by atoms with E-state index in [-0.39, 0.29) is 24.9 Å². The fourth-order valence-corrected chi connectivity index (χ4v) is 2.64. The largest absolute Gasteiger partial charge is 0.457 e. The molecule has 0 saturated carbocycles. The second-order valence-electron chi connectivity index (χ2n) is 5.93. The number of carbonyl (C=O) groups is 2. The van der Waals surface area contributed by atoms with E-state index in [1.807, 2.05) is 66.5 Å². The van der Waals surface area contributed by atoms with Crippen molar-refractivity contribution in [2.45, 2.75) is 0 Å². The highest BCUT2D eigenvalue weighted by atomic mass is 16.5. The number of anilines is 1. The monoisotopic (exact) mass is 339 g/mol. The molecular weight excluding hydrogens is 318 g/mol. The number of rotatable bonds is 5. The van der Waals surface area contributed by atoms with E-state index < -0.39 is 0 Å². The molecule has 0 bridgehead atoms. The Balaban J connectivity index is 1.57. The summed E-state index contributed by atoms with van der Waals surface area (Å²) in [5.74, 6) is 1.36. The van der Waals surface area contributed by atoms with Gasteiger partial charge in [-0.3, -0.25) is 9.59 Å². The van der Waals surface area contributed by atoms with E-state index in [0.29, 0.717) is 13.1 Å². The van der Waals surface area contributed by atoms with Crippen LogP contribution in [-0.2, 0) is 9.59 Å². The number of amides is 2. The Morgan fingerprint density at radius 1 is 1.12 bits per heavy atom. The van der Waals surface area contributed by atoms with Gasteiger partial charge in [-0.15, -0.1) is 0 Å². The summed E-state index contributed by atoms with van der Waals surface area (Å²) >= 11 is 0. The number of hydrogen-bond acceptors (Lipinski definition) is 4. The number of piperazine rings is 1. The van der Waals surface area contributed by atoms with Gasteiger partial charge in [-0.2, -0.15) is 0 Å². The maximum atomic E-state index is 12.3. The minimum Gasteiger partial charge on any atom is -0.457 e. The minimum atomic E-state index is -0.107. The van der Waals surface area contributed by atoms with Gasteiger partial charge < -0.3 is 19.9 Å². The van der Waals surface area contributed by atoms with Crippen molar-refractivity contribution in [2.24, 2.45) is 0 Å². The molecule has 0 aliphatic carbocycles. The average molecular weight is 339 g/mol. The number of carbonyl (C=O) groups excluding carboxylic acids is 2. The Morgan fingerprint density at radius 3 is 2.48 bits per heavy atom. The van der Waals surface area contributed by atoms with Crippen molar-refractivity contribution in [3.8, 4) is 11.5 Å². The molecule has 0 unspecified atom stereocenters. The molecule has 3 rings (SSSR count). The fourth-order valence-electron chi connectivity index (χ4n) is 2.64. The third-order valence-corrected chi connectivity index (χ3v) is 4.02. The molecule has 1 saturated heterocycles. The highest BCUT2D eigenvalue weighted by molar-refractivity contribution is 5.88. The second kappa shape index (κ2) is 7.70. The summed E-state index contributed by atoms with van der Waals surface area (Å²) in [6.45, 7) is 1.44. The highest BCUT2D eigenvalue weighted by Crippen LogP contribution is 2.23. The number of likely N-dealkylation sites (N-methyl/N-ethyl adjacent to an activating group) is 1. The molecule has 2 amide bonds. The fraction of sp³-hybridized carbons (Fsp3) is 0.263. The lowest BCUT2D eigenvalue weighted by molar-refractivity contribution is -0.137. The van der Waals surface area contributed by atoms with Crippen LogP contribution in [0.5, 0.6) is 11.5 Å². The van der Waals surface area contributed by atoms with Crippen LogP contribution >= 0.6 is 0 Å². The quantitative estimate of drug-likeness (QED) is 0.903. The van der Waals surface area contributed by atoms with E-state index in [1.54, 1.807) is 4.90 Å². The molecule has 1 aliphatic rings.